The maximum Gasteiger partial charge on any atom is 0.272 e. The van der Waals surface area contributed by atoms with Gasteiger partial charge in [-0.1, -0.05) is 12.1 Å². The summed E-state index contributed by atoms with van der Waals surface area (Å²) in [5.41, 5.74) is 5.00. The first-order valence-electron chi connectivity index (χ1n) is 8.48. The van der Waals surface area contributed by atoms with Crippen LogP contribution in [0.4, 0.5) is 14.5 Å². The lowest BCUT2D eigenvalue weighted by molar-refractivity contribution is -0.120. The fraction of sp³-hybridized carbons (Fsp3) is 0.278. The second-order valence-corrected chi connectivity index (χ2v) is 8.34. The van der Waals surface area contributed by atoms with Gasteiger partial charge in [0.15, 0.2) is 5.69 Å². The Labute approximate surface area is 166 Å². The van der Waals surface area contributed by atoms with Crippen LogP contribution in [-0.2, 0) is 14.6 Å². The van der Waals surface area contributed by atoms with E-state index in [-0.39, 0.29) is 39.3 Å². The fourth-order valence-electron chi connectivity index (χ4n) is 2.34. The molecule has 2 aromatic rings. The van der Waals surface area contributed by atoms with E-state index in [0.29, 0.717) is 0 Å². The lowest BCUT2D eigenvalue weighted by Gasteiger charge is -2.11. The summed E-state index contributed by atoms with van der Waals surface area (Å²) in [4.78, 5) is 27.0. The Kier molecular flexibility index (Phi) is 6.85. The minimum Gasteiger partial charge on any atom is -0.397 e. The van der Waals surface area contributed by atoms with Gasteiger partial charge in [-0.05, 0) is 32.0 Å². The lowest BCUT2D eigenvalue weighted by atomic mass is 10.2. The monoisotopic (exact) mass is 426 g/mol. The van der Waals surface area contributed by atoms with Gasteiger partial charge >= 0.3 is 0 Å². The number of amides is 2. The topological polar surface area (TPSA) is 131 Å². The third-order valence-electron chi connectivity index (χ3n) is 3.72. The van der Waals surface area contributed by atoms with Gasteiger partial charge in [-0.3, -0.25) is 9.59 Å². The average Bonchev–Trinajstić information content (AvgIpc) is 2.65. The van der Waals surface area contributed by atoms with Gasteiger partial charge in [0.05, 0.1) is 22.0 Å². The van der Waals surface area contributed by atoms with Crippen LogP contribution in [0.2, 0.25) is 0 Å². The molecular weight excluding hydrogens is 406 g/mol. The van der Waals surface area contributed by atoms with Crippen LogP contribution in [0.15, 0.2) is 46.3 Å². The number of carbonyl (C=O) groups excluding carboxylic acids is 2. The first kappa shape index (κ1) is 22.2. The van der Waals surface area contributed by atoms with Gasteiger partial charge in [0.2, 0.25) is 15.7 Å². The van der Waals surface area contributed by atoms with Crippen molar-refractivity contribution in [3.8, 4) is 0 Å². The van der Waals surface area contributed by atoms with Crippen molar-refractivity contribution >= 4 is 27.3 Å². The maximum atomic E-state index is 12.6. The number of nitrogen functional groups attached to an aromatic ring is 1. The molecule has 0 spiro atoms. The van der Waals surface area contributed by atoms with Crippen molar-refractivity contribution in [2.45, 2.75) is 36.1 Å². The highest BCUT2D eigenvalue weighted by Gasteiger charge is 2.22. The number of anilines is 1. The number of nitrogens with zero attached hydrogens (tertiary/aromatic N) is 1. The molecule has 2 amide bonds. The van der Waals surface area contributed by atoms with E-state index in [1.807, 2.05) is 0 Å². The van der Waals surface area contributed by atoms with Crippen LogP contribution < -0.4 is 16.4 Å². The molecule has 0 unspecified atom stereocenters. The highest BCUT2D eigenvalue weighted by molar-refractivity contribution is 7.91. The van der Waals surface area contributed by atoms with Crippen LogP contribution in [0.1, 0.15) is 36.3 Å². The van der Waals surface area contributed by atoms with E-state index in [9.17, 15) is 26.8 Å². The normalized spacial score (nSPS) is 11.5. The summed E-state index contributed by atoms with van der Waals surface area (Å²) in [7, 11) is -4.07. The van der Waals surface area contributed by atoms with Crippen LogP contribution >= 0.6 is 0 Å². The zero-order valence-corrected chi connectivity index (χ0v) is 16.5. The fourth-order valence-corrected chi connectivity index (χ4v) is 3.58. The molecule has 8 nitrogen and oxygen atoms in total. The molecule has 0 saturated heterocycles. The minimum atomic E-state index is -4.07. The van der Waals surface area contributed by atoms with Gasteiger partial charge < -0.3 is 16.4 Å². The third-order valence-corrected chi connectivity index (χ3v) is 5.46. The summed E-state index contributed by atoms with van der Waals surface area (Å²) < 4.78 is 50.5. The largest absolute Gasteiger partial charge is 0.397 e. The van der Waals surface area contributed by atoms with Gasteiger partial charge in [0.1, 0.15) is 0 Å². The van der Waals surface area contributed by atoms with Gasteiger partial charge in [0, 0.05) is 17.8 Å². The quantitative estimate of drug-likeness (QED) is 0.617. The average molecular weight is 426 g/mol. The Hall–Kier alpha value is -3.08. The number of alkyl halides is 2. The Morgan fingerprint density at radius 1 is 1.14 bits per heavy atom. The first-order chi connectivity index (χ1) is 13.5. The van der Waals surface area contributed by atoms with Crippen molar-refractivity contribution in [3.63, 3.8) is 0 Å². The summed E-state index contributed by atoms with van der Waals surface area (Å²) in [5, 5.41) is 4.93. The lowest BCUT2D eigenvalue weighted by Crippen LogP contribution is -2.40. The minimum absolute atomic E-state index is 0.0955. The standard InChI is InChI=1S/C18H20F2N4O4S/c1-10(2)24-15(25)9-23-18(26)16-14(21)7-13(8-22-16)29(27,28)12-5-3-11(4-6-12)17(19)20/h3-8,10,17H,9,21H2,1-2H3,(H,23,26)(H,24,25). The van der Waals surface area contributed by atoms with Crippen molar-refractivity contribution in [3.05, 3.63) is 47.8 Å². The van der Waals surface area contributed by atoms with Gasteiger partial charge in [0.25, 0.3) is 12.3 Å². The molecule has 11 heteroatoms. The summed E-state index contributed by atoms with van der Waals surface area (Å²) >= 11 is 0. The molecule has 1 aromatic heterocycles. The zero-order valence-electron chi connectivity index (χ0n) is 15.6. The molecule has 0 fully saturated rings. The Bertz CT molecular complexity index is 1010. The molecule has 0 saturated carbocycles. The second-order valence-electron chi connectivity index (χ2n) is 6.39. The van der Waals surface area contributed by atoms with Crippen LogP contribution in [0.3, 0.4) is 0 Å². The van der Waals surface area contributed by atoms with E-state index in [1.54, 1.807) is 13.8 Å². The van der Waals surface area contributed by atoms with Crippen LogP contribution in [0.25, 0.3) is 0 Å². The zero-order chi connectivity index (χ0) is 21.8. The Morgan fingerprint density at radius 2 is 1.76 bits per heavy atom. The van der Waals surface area contributed by atoms with Crippen molar-refractivity contribution in [2.75, 3.05) is 12.3 Å². The molecule has 0 bridgehead atoms. The SMILES string of the molecule is CC(C)NC(=O)CNC(=O)c1ncc(S(=O)(=O)c2ccc(C(F)F)cc2)cc1N. The number of nitrogens with one attached hydrogen (secondary N) is 2. The summed E-state index contributed by atoms with van der Waals surface area (Å²) in [6, 6.07) is 5.09. The molecule has 156 valence electrons. The maximum absolute atomic E-state index is 12.6. The summed E-state index contributed by atoms with van der Waals surface area (Å²) in [6.07, 6.45) is -1.78. The number of carbonyl (C=O) groups is 2. The molecule has 2 rings (SSSR count). The molecule has 4 N–H and O–H groups in total. The van der Waals surface area contributed by atoms with Gasteiger partial charge in [-0.15, -0.1) is 0 Å². The molecule has 1 heterocycles. The highest BCUT2D eigenvalue weighted by atomic mass is 32.2. The smallest absolute Gasteiger partial charge is 0.272 e. The highest BCUT2D eigenvalue weighted by Crippen LogP contribution is 2.25. The molecule has 0 aliphatic heterocycles. The number of aromatic nitrogens is 1. The molecule has 29 heavy (non-hydrogen) atoms. The first-order valence-corrected chi connectivity index (χ1v) is 9.97. The van der Waals surface area contributed by atoms with Crippen LogP contribution in [0.5, 0.6) is 0 Å². The van der Waals surface area contributed by atoms with Crippen LogP contribution in [-0.4, -0.2) is 37.8 Å². The second kappa shape index (κ2) is 8.95. The Balaban J connectivity index is 2.19. The Morgan fingerprint density at radius 3 is 2.28 bits per heavy atom. The number of benzene rings is 1. The van der Waals surface area contributed by atoms with E-state index in [4.69, 9.17) is 5.73 Å². The van der Waals surface area contributed by atoms with Crippen molar-refractivity contribution in [1.29, 1.82) is 0 Å². The third kappa shape index (κ3) is 5.47. The van der Waals surface area contributed by atoms with Crippen LogP contribution in [0, 0.1) is 0 Å². The van der Waals surface area contributed by atoms with Crippen molar-refractivity contribution < 1.29 is 26.8 Å². The number of nitrogens with two attached hydrogens (primary N) is 1. The predicted molar refractivity (Wildman–Crippen MR) is 101 cm³/mol. The number of rotatable bonds is 7. The number of sulfone groups is 1. The van der Waals surface area contributed by atoms with E-state index in [2.05, 4.69) is 15.6 Å². The predicted octanol–water partition coefficient (Wildman–Crippen LogP) is 1.69. The number of halogens is 2. The molecular formula is C18H20F2N4O4S. The number of hydrogen-bond donors (Lipinski definition) is 3. The van der Waals surface area contributed by atoms with Gasteiger partial charge in [-0.25, -0.2) is 22.2 Å². The number of pyridine rings is 1. The van der Waals surface area contributed by atoms with E-state index in [0.717, 1.165) is 36.5 Å². The van der Waals surface area contributed by atoms with E-state index >= 15 is 0 Å². The molecule has 0 aliphatic rings. The molecule has 1 aromatic carbocycles. The molecule has 0 aliphatic carbocycles. The summed E-state index contributed by atoms with van der Waals surface area (Å²) in [5.74, 6) is -1.15. The number of hydrogen-bond acceptors (Lipinski definition) is 6. The summed E-state index contributed by atoms with van der Waals surface area (Å²) in [6.45, 7) is 3.23. The van der Waals surface area contributed by atoms with Gasteiger partial charge in [-0.2, -0.15) is 0 Å². The van der Waals surface area contributed by atoms with Crippen molar-refractivity contribution in [1.82, 2.24) is 15.6 Å². The van der Waals surface area contributed by atoms with Crippen molar-refractivity contribution in [2.24, 2.45) is 0 Å². The van der Waals surface area contributed by atoms with E-state index < -0.39 is 28.1 Å². The van der Waals surface area contributed by atoms with E-state index in [1.165, 1.54) is 0 Å². The molecule has 0 atom stereocenters. The molecule has 0 radical (unpaired) electrons.